The van der Waals surface area contributed by atoms with E-state index in [4.69, 9.17) is 5.11 Å². The van der Waals surface area contributed by atoms with Crippen LogP contribution in [-0.4, -0.2) is 34.8 Å². The van der Waals surface area contributed by atoms with Gasteiger partial charge in [-0.15, -0.1) is 24.0 Å². The highest BCUT2D eigenvalue weighted by molar-refractivity contribution is 14.0. The second-order valence-corrected chi connectivity index (χ2v) is 0.316. The molecule has 0 amide bonds. The van der Waals surface area contributed by atoms with E-state index < -0.39 is 0 Å². The molecule has 0 aliphatic heterocycles. The van der Waals surface area contributed by atoms with Gasteiger partial charge in [0, 0.05) is 6.61 Å². The van der Waals surface area contributed by atoms with E-state index in [9.17, 15) is 0 Å². The molecule has 1 nitrogen and oxygen atoms in total. The van der Waals surface area contributed by atoms with Crippen LogP contribution in [0, 0.1) is 0 Å². The van der Waals surface area contributed by atoms with Crippen LogP contribution in [0.4, 0.5) is 0 Å². The summed E-state index contributed by atoms with van der Waals surface area (Å²) in [6.45, 7) is 1.93. The summed E-state index contributed by atoms with van der Waals surface area (Å²) in [4.78, 5) is 0. The van der Waals surface area contributed by atoms with Gasteiger partial charge in [-0.05, 0) is 6.92 Å². The molecule has 0 aromatic carbocycles. The van der Waals surface area contributed by atoms with Crippen LogP contribution in [0.2, 0.25) is 0 Å². The Bertz CT molecular complexity index is 9.61. The van der Waals surface area contributed by atoms with Gasteiger partial charge in [-0.1, -0.05) is 0 Å². The molecule has 0 saturated heterocycles. The lowest BCUT2D eigenvalue weighted by Crippen LogP contribution is -1.57. The first kappa shape index (κ1) is 16.1. The van der Waals surface area contributed by atoms with Gasteiger partial charge in [0.1, 0.15) is 0 Å². The zero-order valence-corrected chi connectivity index (χ0v) is 4.89. The van der Waals surface area contributed by atoms with E-state index in [1.165, 1.54) is 0 Å². The van der Waals surface area contributed by atoms with Crippen molar-refractivity contribution in [3.05, 3.63) is 0 Å². The van der Waals surface area contributed by atoms with Crippen molar-refractivity contribution in [1.29, 1.82) is 0 Å². The predicted molar refractivity (Wildman–Crippen MR) is 36.7 cm³/mol. The quantitative estimate of drug-likeness (QED) is 0.420. The van der Waals surface area contributed by atoms with Crippen molar-refractivity contribution in [2.24, 2.45) is 0 Å². The Hall–Kier alpha value is 1.46. The lowest BCUT2D eigenvalue weighted by atomic mass is 10.9. The molecule has 0 unspecified atom stereocenters. The molecule has 5 heavy (non-hydrogen) atoms. The van der Waals surface area contributed by atoms with Crippen LogP contribution < -0.4 is 0 Å². The third-order valence-electron chi connectivity index (χ3n) is 0. The SMILES string of the molecule is CCO.I.[MgH2]. The number of halogens is 1. The van der Waals surface area contributed by atoms with E-state index >= 15 is 0 Å². The Balaban J connectivity index is -0.0000000200. The Kier molecular flexibility index (Phi) is 57.8. The van der Waals surface area contributed by atoms with Crippen molar-refractivity contribution in [2.75, 3.05) is 6.61 Å². The highest BCUT2D eigenvalue weighted by atomic mass is 127. The van der Waals surface area contributed by atoms with Crippen LogP contribution in [0.5, 0.6) is 0 Å². The van der Waals surface area contributed by atoms with E-state index in [1.807, 2.05) is 0 Å². The maximum absolute atomic E-state index is 7.57. The van der Waals surface area contributed by atoms with Crippen molar-refractivity contribution in [3.63, 3.8) is 0 Å². The molecule has 0 aromatic heterocycles. The predicted octanol–water partition coefficient (Wildman–Crippen LogP) is -0.300. The lowest BCUT2D eigenvalue weighted by molar-refractivity contribution is 0.318. The average Bonchev–Trinajstić information content (AvgIpc) is 0.918. The number of hydrogen-bond donors (Lipinski definition) is 1. The van der Waals surface area contributed by atoms with E-state index in [0.717, 1.165) is 0 Å². The van der Waals surface area contributed by atoms with E-state index in [0.29, 0.717) is 0 Å². The molecule has 32 valence electrons. The minimum Gasteiger partial charge on any atom is -0.397 e. The van der Waals surface area contributed by atoms with Crippen LogP contribution >= 0.6 is 24.0 Å². The summed E-state index contributed by atoms with van der Waals surface area (Å²) < 4.78 is 0. The second kappa shape index (κ2) is 18.0. The number of aliphatic hydroxyl groups is 1. The summed E-state index contributed by atoms with van der Waals surface area (Å²) in [6.07, 6.45) is 0. The summed E-state index contributed by atoms with van der Waals surface area (Å²) in [6, 6.07) is 0. The summed E-state index contributed by atoms with van der Waals surface area (Å²) in [5, 5.41) is 7.57. The van der Waals surface area contributed by atoms with Crippen molar-refractivity contribution >= 4 is 47.0 Å². The minimum absolute atomic E-state index is 0. The third-order valence-corrected chi connectivity index (χ3v) is 0. The van der Waals surface area contributed by atoms with Gasteiger partial charge in [0.25, 0.3) is 0 Å². The fraction of sp³-hybridized carbons (Fsp3) is 1.00. The summed E-state index contributed by atoms with van der Waals surface area (Å²) in [5.74, 6) is 0. The standard InChI is InChI=1S/C2H6O.HI.Mg.2H/c1-2-3;;;;/h3H,2H2,1H3;1H;;;. The van der Waals surface area contributed by atoms with Gasteiger partial charge in [-0.3, -0.25) is 0 Å². The molecule has 0 fully saturated rings. The highest BCUT2D eigenvalue weighted by Gasteiger charge is 1.34. The van der Waals surface area contributed by atoms with E-state index in [1.54, 1.807) is 6.92 Å². The van der Waals surface area contributed by atoms with E-state index in [2.05, 4.69) is 0 Å². The van der Waals surface area contributed by atoms with Gasteiger partial charge in [0.2, 0.25) is 0 Å². The van der Waals surface area contributed by atoms with Gasteiger partial charge in [0.05, 0.1) is 0 Å². The third kappa shape index (κ3) is 30.7. The van der Waals surface area contributed by atoms with Gasteiger partial charge in [-0.25, -0.2) is 0 Å². The lowest BCUT2D eigenvalue weighted by Gasteiger charge is -1.52. The van der Waals surface area contributed by atoms with Gasteiger partial charge >= 0.3 is 23.1 Å². The zero-order valence-electron chi connectivity index (χ0n) is 2.56. The molecule has 1 N–H and O–H groups in total. The monoisotopic (exact) mass is 200 g/mol. The Labute approximate surface area is 65.3 Å². The molecule has 0 bridgehead atoms. The average molecular weight is 200 g/mol. The summed E-state index contributed by atoms with van der Waals surface area (Å²) in [7, 11) is 0. The van der Waals surface area contributed by atoms with E-state index in [-0.39, 0.29) is 53.6 Å². The van der Waals surface area contributed by atoms with Gasteiger partial charge in [-0.2, -0.15) is 0 Å². The van der Waals surface area contributed by atoms with Crippen LogP contribution in [0.15, 0.2) is 0 Å². The van der Waals surface area contributed by atoms with Crippen LogP contribution in [0.1, 0.15) is 6.92 Å². The normalized spacial score (nSPS) is 3.60. The topological polar surface area (TPSA) is 20.2 Å². The fourth-order valence-corrected chi connectivity index (χ4v) is 0. The molecular formula is C2H9IMgO. The summed E-state index contributed by atoms with van der Waals surface area (Å²) in [5.41, 5.74) is 0. The second-order valence-electron chi connectivity index (χ2n) is 0.316. The number of hydrogen-bond acceptors (Lipinski definition) is 1. The molecule has 0 spiro atoms. The Morgan fingerprint density at radius 3 is 1.60 bits per heavy atom. The number of aliphatic hydroxyl groups excluding tert-OH is 1. The minimum atomic E-state index is 0. The van der Waals surface area contributed by atoms with Gasteiger partial charge < -0.3 is 5.11 Å². The highest BCUT2D eigenvalue weighted by Crippen LogP contribution is 1.30. The van der Waals surface area contributed by atoms with Crippen molar-refractivity contribution in [1.82, 2.24) is 0 Å². The van der Waals surface area contributed by atoms with Crippen molar-refractivity contribution in [3.8, 4) is 0 Å². The van der Waals surface area contributed by atoms with Crippen LogP contribution in [0.3, 0.4) is 0 Å². The van der Waals surface area contributed by atoms with Crippen LogP contribution in [0.25, 0.3) is 0 Å². The molecule has 0 radical (unpaired) electrons. The Morgan fingerprint density at radius 2 is 1.60 bits per heavy atom. The number of rotatable bonds is 0. The largest absolute Gasteiger partial charge is 0.397 e. The first-order chi connectivity index (χ1) is 1.41. The molecule has 0 atom stereocenters. The molecule has 0 aliphatic rings. The van der Waals surface area contributed by atoms with Gasteiger partial charge in [0.15, 0.2) is 0 Å². The first-order valence-corrected chi connectivity index (χ1v) is 1.02. The van der Waals surface area contributed by atoms with Crippen LogP contribution in [-0.2, 0) is 0 Å². The smallest absolute Gasteiger partial charge is 0.316 e. The molecule has 0 heterocycles. The maximum Gasteiger partial charge on any atom is 0.316 e. The zero-order chi connectivity index (χ0) is 2.71. The molecule has 0 saturated carbocycles. The molecule has 0 aliphatic carbocycles. The maximum atomic E-state index is 7.57. The first-order valence-electron chi connectivity index (χ1n) is 1.02. The molecule has 3 heteroatoms. The van der Waals surface area contributed by atoms with Crippen molar-refractivity contribution in [2.45, 2.75) is 6.92 Å². The Morgan fingerprint density at radius 1 is 1.60 bits per heavy atom. The summed E-state index contributed by atoms with van der Waals surface area (Å²) >= 11 is 0. The van der Waals surface area contributed by atoms with Crippen molar-refractivity contribution < 1.29 is 5.11 Å². The molecular weight excluding hydrogens is 191 g/mol. The molecule has 0 rings (SSSR count). The fourth-order valence-electron chi connectivity index (χ4n) is 0. The molecule has 0 aromatic rings.